The maximum absolute atomic E-state index is 12.1. The zero-order valence-corrected chi connectivity index (χ0v) is 15.9. The molecule has 3 N–H and O–H groups in total. The van der Waals surface area contributed by atoms with Crippen LogP contribution in [0.2, 0.25) is 0 Å². The molecule has 4 saturated carbocycles. The molecular formula is C22H34N2O. The Hall–Kier alpha value is -0.830. The molecule has 4 fully saturated rings. The van der Waals surface area contributed by atoms with Crippen LogP contribution in [0.15, 0.2) is 11.3 Å². The molecule has 0 aromatic rings. The molecule has 0 bridgehead atoms. The average molecular weight is 343 g/mol. The summed E-state index contributed by atoms with van der Waals surface area (Å²) in [5, 5.41) is 3.99. The van der Waals surface area contributed by atoms with Crippen LogP contribution in [0.5, 0.6) is 0 Å². The van der Waals surface area contributed by atoms with Gasteiger partial charge in [-0.25, -0.2) is 0 Å². The smallest absolute Gasteiger partial charge is 0.178 e. The van der Waals surface area contributed by atoms with Crippen molar-refractivity contribution in [1.82, 2.24) is 5.32 Å². The summed E-state index contributed by atoms with van der Waals surface area (Å²) in [5.74, 6) is 2.68. The molecule has 0 heterocycles. The average Bonchev–Trinajstić information content (AvgIpc) is 3.34. The van der Waals surface area contributed by atoms with Gasteiger partial charge in [0.25, 0.3) is 0 Å². The number of hydrogen-bond donors (Lipinski definition) is 2. The van der Waals surface area contributed by atoms with Gasteiger partial charge in [-0.1, -0.05) is 13.8 Å². The number of hydrogen-bond acceptors (Lipinski definition) is 3. The van der Waals surface area contributed by atoms with Crippen LogP contribution in [-0.4, -0.2) is 17.9 Å². The lowest BCUT2D eigenvalue weighted by molar-refractivity contribution is -0.118. The second-order valence-corrected chi connectivity index (χ2v) is 10.3. The molecule has 0 radical (unpaired) electrons. The van der Waals surface area contributed by atoms with E-state index in [4.69, 9.17) is 5.73 Å². The van der Waals surface area contributed by atoms with Crippen molar-refractivity contribution < 1.29 is 4.79 Å². The Morgan fingerprint density at radius 2 is 1.76 bits per heavy atom. The second-order valence-electron chi connectivity index (χ2n) is 10.3. The molecule has 5 aliphatic carbocycles. The standard InChI is InChI=1S/C22H34N2O/c1-21-12-10-18(25)20(23)17(21)6-5-14-15-7-8-19(24-13-3-4-13)22(15,2)11-9-16(14)21/h13-16,19,24H,3-12,23H2,1-2H3/t14-,15-,16-,19?,21+,22-/m0/s1. The minimum Gasteiger partial charge on any atom is -0.396 e. The van der Waals surface area contributed by atoms with E-state index < -0.39 is 0 Å². The highest BCUT2D eigenvalue weighted by molar-refractivity contribution is 5.96. The molecule has 3 nitrogen and oxygen atoms in total. The number of allylic oxidation sites excluding steroid dienone is 1. The van der Waals surface area contributed by atoms with Crippen LogP contribution < -0.4 is 11.1 Å². The molecule has 25 heavy (non-hydrogen) atoms. The number of Topliss-reactive ketones (excluding diaryl/α,β-unsaturated/α-hetero) is 1. The van der Waals surface area contributed by atoms with Crippen molar-refractivity contribution >= 4 is 5.78 Å². The Morgan fingerprint density at radius 3 is 2.52 bits per heavy atom. The first-order valence-electron chi connectivity index (χ1n) is 10.7. The largest absolute Gasteiger partial charge is 0.396 e. The second kappa shape index (κ2) is 5.34. The molecule has 0 amide bonds. The summed E-state index contributed by atoms with van der Waals surface area (Å²) in [6, 6.07) is 1.56. The lowest BCUT2D eigenvalue weighted by Crippen LogP contribution is -2.54. The van der Waals surface area contributed by atoms with E-state index in [9.17, 15) is 4.79 Å². The third kappa shape index (κ3) is 2.23. The van der Waals surface area contributed by atoms with Gasteiger partial charge < -0.3 is 11.1 Å². The number of carbonyl (C=O) groups excluding carboxylic acids is 1. The van der Waals surface area contributed by atoms with Gasteiger partial charge in [-0.2, -0.15) is 0 Å². The first-order valence-corrected chi connectivity index (χ1v) is 10.7. The van der Waals surface area contributed by atoms with Crippen molar-refractivity contribution in [3.8, 4) is 0 Å². The maximum Gasteiger partial charge on any atom is 0.178 e. The molecule has 5 rings (SSSR count). The van der Waals surface area contributed by atoms with Gasteiger partial charge in [-0.3, -0.25) is 4.79 Å². The van der Waals surface area contributed by atoms with Crippen LogP contribution in [-0.2, 0) is 4.79 Å². The van der Waals surface area contributed by atoms with Crippen molar-refractivity contribution in [2.75, 3.05) is 0 Å². The molecule has 0 aromatic carbocycles. The maximum atomic E-state index is 12.1. The Balaban J connectivity index is 1.44. The highest BCUT2D eigenvalue weighted by Crippen LogP contribution is 2.65. The molecule has 1 unspecified atom stereocenters. The van der Waals surface area contributed by atoms with Gasteiger partial charge in [0.1, 0.15) is 0 Å². The number of ketones is 1. The fraction of sp³-hybridized carbons (Fsp3) is 0.864. The Morgan fingerprint density at radius 1 is 0.960 bits per heavy atom. The fourth-order valence-electron chi connectivity index (χ4n) is 7.56. The number of carbonyl (C=O) groups is 1. The molecule has 0 aliphatic heterocycles. The van der Waals surface area contributed by atoms with Gasteiger partial charge >= 0.3 is 0 Å². The number of nitrogens with one attached hydrogen (secondary N) is 1. The van der Waals surface area contributed by atoms with E-state index >= 15 is 0 Å². The van der Waals surface area contributed by atoms with Crippen LogP contribution >= 0.6 is 0 Å². The van der Waals surface area contributed by atoms with E-state index in [-0.39, 0.29) is 11.2 Å². The van der Waals surface area contributed by atoms with Crippen LogP contribution in [0, 0.1) is 28.6 Å². The minimum absolute atomic E-state index is 0.199. The van der Waals surface area contributed by atoms with E-state index in [1.807, 2.05) is 0 Å². The summed E-state index contributed by atoms with van der Waals surface area (Å²) < 4.78 is 0. The predicted molar refractivity (Wildman–Crippen MR) is 99.8 cm³/mol. The van der Waals surface area contributed by atoms with Crippen molar-refractivity contribution in [3.05, 3.63) is 11.3 Å². The third-order valence-corrected chi connectivity index (χ3v) is 9.18. The normalized spacial score (nSPS) is 49.6. The zero-order valence-electron chi connectivity index (χ0n) is 15.9. The van der Waals surface area contributed by atoms with Crippen molar-refractivity contribution in [2.45, 2.75) is 90.1 Å². The quantitative estimate of drug-likeness (QED) is 0.799. The highest BCUT2D eigenvalue weighted by Gasteiger charge is 2.59. The molecule has 3 heteroatoms. The molecule has 6 atom stereocenters. The van der Waals surface area contributed by atoms with Gasteiger partial charge in [0.15, 0.2) is 5.78 Å². The van der Waals surface area contributed by atoms with Gasteiger partial charge in [-0.05, 0) is 91.9 Å². The number of fused-ring (bicyclic) bond motifs is 5. The summed E-state index contributed by atoms with van der Waals surface area (Å²) in [5.41, 5.74) is 8.94. The van der Waals surface area contributed by atoms with E-state index in [0.29, 0.717) is 17.5 Å². The van der Waals surface area contributed by atoms with E-state index in [1.165, 1.54) is 50.5 Å². The van der Waals surface area contributed by atoms with Crippen molar-refractivity contribution in [1.29, 1.82) is 0 Å². The van der Waals surface area contributed by atoms with Crippen molar-refractivity contribution in [3.63, 3.8) is 0 Å². The predicted octanol–water partition coefficient (Wildman–Crippen LogP) is 3.93. The Labute approximate surface area is 152 Å². The van der Waals surface area contributed by atoms with Crippen LogP contribution in [0.25, 0.3) is 0 Å². The summed E-state index contributed by atoms with van der Waals surface area (Å²) in [7, 11) is 0. The van der Waals surface area contributed by atoms with E-state index in [2.05, 4.69) is 19.2 Å². The monoisotopic (exact) mass is 342 g/mol. The van der Waals surface area contributed by atoms with E-state index in [0.717, 1.165) is 42.7 Å². The fourth-order valence-corrected chi connectivity index (χ4v) is 7.56. The molecule has 0 spiro atoms. The third-order valence-electron chi connectivity index (χ3n) is 9.18. The SMILES string of the molecule is C[C@]12CCC(=O)C(N)=C1CC[C@@H]1[C@@H]2CC[C@]2(C)C(NC3CC3)CC[C@@H]12. The lowest BCUT2D eigenvalue weighted by atomic mass is 9.47. The Kier molecular flexibility index (Phi) is 3.49. The van der Waals surface area contributed by atoms with E-state index in [1.54, 1.807) is 0 Å². The zero-order chi connectivity index (χ0) is 17.4. The topological polar surface area (TPSA) is 55.1 Å². The lowest BCUT2D eigenvalue weighted by Gasteiger charge is -2.58. The highest BCUT2D eigenvalue weighted by atomic mass is 16.1. The minimum atomic E-state index is 0.199. The van der Waals surface area contributed by atoms with Gasteiger partial charge in [0.2, 0.25) is 0 Å². The molecule has 5 aliphatic rings. The molecule has 0 aromatic heterocycles. The Bertz CT molecular complexity index is 636. The summed E-state index contributed by atoms with van der Waals surface area (Å²) in [4.78, 5) is 12.1. The molecule has 138 valence electrons. The van der Waals surface area contributed by atoms with Crippen LogP contribution in [0.1, 0.15) is 78.1 Å². The molecule has 0 saturated heterocycles. The van der Waals surface area contributed by atoms with Gasteiger partial charge in [-0.15, -0.1) is 0 Å². The van der Waals surface area contributed by atoms with Gasteiger partial charge in [0, 0.05) is 18.5 Å². The van der Waals surface area contributed by atoms with Crippen LogP contribution in [0.4, 0.5) is 0 Å². The summed E-state index contributed by atoms with van der Waals surface area (Å²) in [6.07, 6.45) is 12.3. The summed E-state index contributed by atoms with van der Waals surface area (Å²) >= 11 is 0. The number of rotatable bonds is 2. The first-order chi connectivity index (χ1) is 11.9. The first kappa shape index (κ1) is 16.4. The van der Waals surface area contributed by atoms with Crippen LogP contribution in [0.3, 0.4) is 0 Å². The molecular weight excluding hydrogens is 308 g/mol. The summed E-state index contributed by atoms with van der Waals surface area (Å²) in [6.45, 7) is 5.03. The van der Waals surface area contributed by atoms with Gasteiger partial charge in [0.05, 0.1) is 5.70 Å². The van der Waals surface area contributed by atoms with Crippen molar-refractivity contribution in [2.24, 2.45) is 34.3 Å². The number of nitrogens with two attached hydrogens (primary N) is 1.